The molecule has 1 aromatic heterocycles. The van der Waals surface area contributed by atoms with E-state index in [1.165, 1.54) is 32.1 Å². The van der Waals surface area contributed by atoms with Gasteiger partial charge in [-0.1, -0.05) is 31.0 Å². The van der Waals surface area contributed by atoms with Crippen LogP contribution >= 0.6 is 11.8 Å². The van der Waals surface area contributed by atoms with Crippen molar-refractivity contribution in [3.63, 3.8) is 0 Å². The first kappa shape index (κ1) is 12.7. The Balaban J connectivity index is 1.98. The summed E-state index contributed by atoms with van der Waals surface area (Å²) in [5, 5.41) is 9.25. The van der Waals surface area contributed by atoms with Crippen molar-refractivity contribution in [3.8, 4) is 0 Å². The first-order valence-corrected chi connectivity index (χ1v) is 7.34. The molecule has 0 spiro atoms. The van der Waals surface area contributed by atoms with E-state index >= 15 is 0 Å². The molecule has 1 aliphatic rings. The van der Waals surface area contributed by atoms with Crippen molar-refractivity contribution in [3.05, 3.63) is 5.82 Å². The van der Waals surface area contributed by atoms with Crippen molar-refractivity contribution in [2.24, 2.45) is 5.73 Å². The summed E-state index contributed by atoms with van der Waals surface area (Å²) in [6.07, 6.45) is 7.29. The second-order valence-electron chi connectivity index (χ2n) is 4.54. The highest BCUT2D eigenvalue weighted by Crippen LogP contribution is 2.32. The van der Waals surface area contributed by atoms with Crippen LogP contribution in [0, 0.1) is 0 Å². The predicted molar refractivity (Wildman–Crippen MR) is 70.4 cm³/mol. The molecule has 6 heteroatoms. The van der Waals surface area contributed by atoms with Crippen molar-refractivity contribution in [2.75, 3.05) is 18.1 Å². The average molecular weight is 255 g/mol. The minimum atomic E-state index is 0.505. The molecular weight excluding hydrogens is 234 g/mol. The minimum Gasteiger partial charge on any atom is -0.336 e. The zero-order valence-electron chi connectivity index (χ0n) is 10.1. The standard InChI is InChI=1S/C11H21N5S/c12-7-4-8-17-11-15-14-10(16(11)13)9-5-2-1-3-6-9/h9H,1-8,12-13H2. The smallest absolute Gasteiger partial charge is 0.209 e. The largest absolute Gasteiger partial charge is 0.336 e. The maximum absolute atomic E-state index is 6.06. The van der Waals surface area contributed by atoms with Crippen LogP contribution in [0.1, 0.15) is 50.3 Å². The molecule has 0 saturated heterocycles. The van der Waals surface area contributed by atoms with Crippen LogP contribution < -0.4 is 11.6 Å². The minimum absolute atomic E-state index is 0.505. The Morgan fingerprint density at radius 3 is 2.71 bits per heavy atom. The number of rotatable bonds is 5. The van der Waals surface area contributed by atoms with Crippen LogP contribution in [-0.4, -0.2) is 27.2 Å². The third-order valence-electron chi connectivity index (χ3n) is 3.24. The van der Waals surface area contributed by atoms with E-state index < -0.39 is 0 Å². The normalized spacial score (nSPS) is 17.5. The number of aromatic nitrogens is 3. The van der Waals surface area contributed by atoms with Crippen LogP contribution in [-0.2, 0) is 0 Å². The number of nitrogen functional groups attached to an aromatic ring is 1. The maximum atomic E-state index is 6.06. The summed E-state index contributed by atoms with van der Waals surface area (Å²) in [5.41, 5.74) is 5.47. The zero-order valence-corrected chi connectivity index (χ0v) is 11.0. The molecular formula is C11H21N5S. The lowest BCUT2D eigenvalue weighted by Gasteiger charge is -2.20. The summed E-state index contributed by atoms with van der Waals surface area (Å²) in [5.74, 6) is 8.47. The van der Waals surface area contributed by atoms with Crippen LogP contribution in [0.4, 0.5) is 0 Å². The SMILES string of the molecule is NCCCSc1nnc(C2CCCCC2)n1N. The monoisotopic (exact) mass is 255 g/mol. The summed E-state index contributed by atoms with van der Waals surface area (Å²) < 4.78 is 1.68. The van der Waals surface area contributed by atoms with Crippen molar-refractivity contribution in [1.82, 2.24) is 14.9 Å². The average Bonchev–Trinajstić information content (AvgIpc) is 2.73. The fourth-order valence-corrected chi connectivity index (χ4v) is 3.10. The molecule has 2 rings (SSSR count). The molecule has 0 atom stereocenters. The number of nitrogens with two attached hydrogens (primary N) is 2. The molecule has 5 nitrogen and oxygen atoms in total. The molecule has 0 aromatic carbocycles. The van der Waals surface area contributed by atoms with Crippen LogP contribution in [0.2, 0.25) is 0 Å². The highest BCUT2D eigenvalue weighted by Gasteiger charge is 2.22. The molecule has 0 amide bonds. The zero-order chi connectivity index (χ0) is 12.1. The van der Waals surface area contributed by atoms with Gasteiger partial charge in [0.25, 0.3) is 0 Å². The molecule has 96 valence electrons. The van der Waals surface area contributed by atoms with Gasteiger partial charge in [0.1, 0.15) is 0 Å². The molecule has 1 aliphatic carbocycles. The molecule has 0 radical (unpaired) electrons. The number of nitrogens with zero attached hydrogens (tertiary/aromatic N) is 3. The maximum Gasteiger partial charge on any atom is 0.209 e. The topological polar surface area (TPSA) is 82.8 Å². The van der Waals surface area contributed by atoms with Gasteiger partial charge in [0.2, 0.25) is 5.16 Å². The summed E-state index contributed by atoms with van der Waals surface area (Å²) in [6.45, 7) is 0.710. The van der Waals surface area contributed by atoms with Gasteiger partial charge in [0.05, 0.1) is 0 Å². The van der Waals surface area contributed by atoms with Crippen LogP contribution in [0.25, 0.3) is 0 Å². The highest BCUT2D eigenvalue weighted by molar-refractivity contribution is 7.99. The van der Waals surface area contributed by atoms with Crippen LogP contribution in [0.3, 0.4) is 0 Å². The van der Waals surface area contributed by atoms with Crippen molar-refractivity contribution < 1.29 is 0 Å². The number of thioether (sulfide) groups is 1. The van der Waals surface area contributed by atoms with E-state index in [-0.39, 0.29) is 0 Å². The lowest BCUT2D eigenvalue weighted by Crippen LogP contribution is -2.18. The molecule has 1 fully saturated rings. The summed E-state index contributed by atoms with van der Waals surface area (Å²) in [7, 11) is 0. The summed E-state index contributed by atoms with van der Waals surface area (Å²) in [6, 6.07) is 0. The first-order chi connectivity index (χ1) is 8.33. The Morgan fingerprint density at radius 2 is 2.00 bits per heavy atom. The lowest BCUT2D eigenvalue weighted by molar-refractivity contribution is 0.421. The Labute approximate surface area is 106 Å². The molecule has 17 heavy (non-hydrogen) atoms. The van der Waals surface area contributed by atoms with E-state index in [4.69, 9.17) is 11.6 Å². The van der Waals surface area contributed by atoms with Crippen LogP contribution in [0.15, 0.2) is 5.16 Å². The highest BCUT2D eigenvalue weighted by atomic mass is 32.2. The van der Waals surface area contributed by atoms with E-state index in [2.05, 4.69) is 10.2 Å². The van der Waals surface area contributed by atoms with E-state index in [9.17, 15) is 0 Å². The van der Waals surface area contributed by atoms with Crippen molar-refractivity contribution >= 4 is 11.8 Å². The molecule has 0 aliphatic heterocycles. The second-order valence-corrected chi connectivity index (χ2v) is 5.60. The van der Waals surface area contributed by atoms with Gasteiger partial charge >= 0.3 is 0 Å². The fourth-order valence-electron chi connectivity index (χ4n) is 2.27. The van der Waals surface area contributed by atoms with E-state index in [1.54, 1.807) is 16.4 Å². The lowest BCUT2D eigenvalue weighted by atomic mass is 9.89. The van der Waals surface area contributed by atoms with Crippen LogP contribution in [0.5, 0.6) is 0 Å². The van der Waals surface area contributed by atoms with Crippen molar-refractivity contribution in [2.45, 2.75) is 49.6 Å². The first-order valence-electron chi connectivity index (χ1n) is 6.36. The van der Waals surface area contributed by atoms with Crippen molar-refractivity contribution in [1.29, 1.82) is 0 Å². The molecule has 1 aromatic rings. The molecule has 0 unspecified atom stereocenters. The summed E-state index contributed by atoms with van der Waals surface area (Å²) >= 11 is 1.64. The molecule has 4 N–H and O–H groups in total. The Morgan fingerprint density at radius 1 is 1.24 bits per heavy atom. The van der Waals surface area contributed by atoms with Gasteiger partial charge in [-0.15, -0.1) is 10.2 Å². The third-order valence-corrected chi connectivity index (χ3v) is 4.27. The van der Waals surface area contributed by atoms with E-state index in [1.807, 2.05) is 0 Å². The Bertz CT molecular complexity index is 346. The Hall–Kier alpha value is -0.750. The van der Waals surface area contributed by atoms with E-state index in [0.29, 0.717) is 12.5 Å². The van der Waals surface area contributed by atoms with Gasteiger partial charge in [0.15, 0.2) is 5.82 Å². The summed E-state index contributed by atoms with van der Waals surface area (Å²) in [4.78, 5) is 0. The fraction of sp³-hybridized carbons (Fsp3) is 0.818. The number of hydrogen-bond acceptors (Lipinski definition) is 5. The molecule has 0 bridgehead atoms. The quantitative estimate of drug-likeness (QED) is 0.473. The molecule has 1 heterocycles. The third kappa shape index (κ3) is 3.13. The van der Waals surface area contributed by atoms with Gasteiger partial charge in [-0.05, 0) is 25.8 Å². The van der Waals surface area contributed by atoms with Gasteiger partial charge in [-0.25, -0.2) is 4.68 Å². The van der Waals surface area contributed by atoms with Gasteiger partial charge in [0, 0.05) is 11.7 Å². The van der Waals surface area contributed by atoms with E-state index in [0.717, 1.165) is 23.2 Å². The second kappa shape index (κ2) is 6.26. The molecule has 1 saturated carbocycles. The predicted octanol–water partition coefficient (Wildman–Crippen LogP) is 1.48. The number of hydrogen-bond donors (Lipinski definition) is 2. The van der Waals surface area contributed by atoms with Gasteiger partial charge in [-0.3, -0.25) is 0 Å². The van der Waals surface area contributed by atoms with Gasteiger partial charge in [-0.2, -0.15) is 0 Å². The Kier molecular flexibility index (Phi) is 4.67. The van der Waals surface area contributed by atoms with Gasteiger partial charge < -0.3 is 11.6 Å².